The average Bonchev–Trinajstić information content (AvgIpc) is 2.18. The molecule has 0 heterocycles. The summed E-state index contributed by atoms with van der Waals surface area (Å²) in [6.45, 7) is 5.06. The number of hydrogen-bond donors (Lipinski definition) is 1. The molecule has 0 N–H and O–H groups in total. The lowest BCUT2D eigenvalue weighted by molar-refractivity contribution is 0.228. The molecular weight excluding hydrogens is 235 g/mol. The molecule has 0 aromatic carbocycles. The fourth-order valence-electron chi connectivity index (χ4n) is 1.15. The van der Waals surface area contributed by atoms with E-state index in [2.05, 4.69) is 26.1 Å². The predicted molar refractivity (Wildman–Crippen MR) is 69.5 cm³/mol. The first kappa shape index (κ1) is 14.9. The second-order valence-corrected chi connectivity index (χ2v) is 8.76. The fraction of sp³-hybridized carbons (Fsp3) is 1.00. The van der Waals surface area contributed by atoms with Gasteiger partial charge in [0.05, 0.1) is 6.61 Å². The van der Waals surface area contributed by atoms with Gasteiger partial charge in [-0.25, -0.2) is 0 Å². The van der Waals surface area contributed by atoms with Crippen molar-refractivity contribution in [1.82, 2.24) is 0 Å². The van der Waals surface area contributed by atoms with E-state index in [4.69, 9.17) is 20.9 Å². The molecule has 0 saturated carbocycles. The quantitative estimate of drug-likeness (QED) is 0.522. The Morgan fingerprint density at radius 3 is 2.50 bits per heavy atom. The third-order valence-corrected chi connectivity index (χ3v) is 4.78. The first-order valence-electron chi connectivity index (χ1n) is 5.08. The molecule has 0 amide bonds. The first-order chi connectivity index (χ1) is 6.55. The zero-order chi connectivity index (χ0) is 11.0. The molecule has 0 aliphatic rings. The lowest BCUT2D eigenvalue weighted by atomic mass is 10.0. The summed E-state index contributed by atoms with van der Waals surface area (Å²) < 4.78 is 10.5. The minimum absolute atomic E-state index is 0.597. The van der Waals surface area contributed by atoms with E-state index in [9.17, 15) is 0 Å². The lowest BCUT2D eigenvalue weighted by Gasteiger charge is -2.19. The van der Waals surface area contributed by atoms with Gasteiger partial charge in [-0.05, 0) is 24.1 Å². The fourth-order valence-corrected chi connectivity index (χ4v) is 2.04. The maximum Gasteiger partial charge on any atom is 0.244 e. The second kappa shape index (κ2) is 8.12. The van der Waals surface area contributed by atoms with E-state index in [0.29, 0.717) is 12.5 Å². The molecule has 86 valence electrons. The second-order valence-electron chi connectivity index (χ2n) is 3.36. The first-order valence-corrected chi connectivity index (χ1v) is 8.87. The largest absolute Gasteiger partial charge is 0.325 e. The number of rotatable bonds is 8. The summed E-state index contributed by atoms with van der Waals surface area (Å²) >= 11 is 9.23. The maximum absolute atomic E-state index is 5.50. The van der Waals surface area contributed by atoms with Crippen molar-refractivity contribution in [2.24, 2.45) is 5.92 Å². The smallest absolute Gasteiger partial charge is 0.244 e. The summed E-state index contributed by atoms with van der Waals surface area (Å²) in [5.41, 5.74) is -2.24. The van der Waals surface area contributed by atoms with Crippen molar-refractivity contribution in [1.29, 1.82) is 0 Å². The molecule has 2 atom stereocenters. The van der Waals surface area contributed by atoms with E-state index in [-0.39, 0.29) is 0 Å². The van der Waals surface area contributed by atoms with Crippen molar-refractivity contribution in [2.75, 3.05) is 13.7 Å². The lowest BCUT2D eigenvalue weighted by Crippen LogP contribution is -2.07. The molecule has 0 aliphatic carbocycles. The van der Waals surface area contributed by atoms with Gasteiger partial charge in [0.15, 0.2) is 0 Å². The Labute approximate surface area is 98.1 Å². The van der Waals surface area contributed by atoms with Crippen molar-refractivity contribution in [3.8, 4) is 0 Å². The van der Waals surface area contributed by atoms with Crippen molar-refractivity contribution in [3.05, 3.63) is 0 Å². The number of thiol groups is 1. The van der Waals surface area contributed by atoms with E-state index in [1.807, 2.05) is 0 Å². The minimum atomic E-state index is -2.24. The van der Waals surface area contributed by atoms with Crippen molar-refractivity contribution >= 4 is 29.7 Å². The standard InChI is InChI=1S/C9H21O2PS2/c1-4-6-7-9(5-2)8-11-12(13,14)10-3/h9H,4-8H2,1-3H3,(H,13,14). The molecule has 0 aromatic rings. The molecule has 0 spiro atoms. The average molecular weight is 256 g/mol. The van der Waals surface area contributed by atoms with Crippen LogP contribution in [-0.4, -0.2) is 13.7 Å². The summed E-state index contributed by atoms with van der Waals surface area (Å²) in [4.78, 5) is 0. The molecule has 0 bridgehead atoms. The van der Waals surface area contributed by atoms with Crippen LogP contribution in [0.25, 0.3) is 0 Å². The molecule has 14 heavy (non-hydrogen) atoms. The molecule has 2 nitrogen and oxygen atoms in total. The van der Waals surface area contributed by atoms with Crippen LogP contribution in [0.2, 0.25) is 0 Å². The van der Waals surface area contributed by atoms with Gasteiger partial charge < -0.3 is 9.05 Å². The van der Waals surface area contributed by atoms with Crippen LogP contribution in [-0.2, 0) is 20.9 Å². The molecule has 2 unspecified atom stereocenters. The molecule has 0 aliphatic heterocycles. The SMILES string of the molecule is CCCCC(CC)COP(=S)(S)OC. The van der Waals surface area contributed by atoms with Crippen molar-refractivity contribution in [3.63, 3.8) is 0 Å². The van der Waals surface area contributed by atoms with Crippen LogP contribution in [0, 0.1) is 5.92 Å². The summed E-state index contributed by atoms with van der Waals surface area (Å²) in [6, 6.07) is 0. The van der Waals surface area contributed by atoms with Gasteiger partial charge in [-0.15, -0.1) is 0 Å². The van der Waals surface area contributed by atoms with Crippen LogP contribution >= 0.6 is 17.9 Å². The molecule has 0 aromatic heterocycles. The third kappa shape index (κ3) is 7.24. The van der Waals surface area contributed by atoms with Crippen LogP contribution in [0.5, 0.6) is 0 Å². The highest BCUT2D eigenvalue weighted by Crippen LogP contribution is 2.52. The molecule has 5 heteroatoms. The van der Waals surface area contributed by atoms with Crippen molar-refractivity contribution in [2.45, 2.75) is 39.5 Å². The highest BCUT2D eigenvalue weighted by molar-refractivity contribution is 8.60. The van der Waals surface area contributed by atoms with E-state index in [0.717, 1.165) is 6.42 Å². The van der Waals surface area contributed by atoms with Crippen LogP contribution < -0.4 is 0 Å². The van der Waals surface area contributed by atoms with Crippen LogP contribution in [0.1, 0.15) is 39.5 Å². The Morgan fingerprint density at radius 1 is 1.43 bits per heavy atom. The topological polar surface area (TPSA) is 18.5 Å². The van der Waals surface area contributed by atoms with Crippen LogP contribution in [0.4, 0.5) is 0 Å². The normalized spacial score (nSPS) is 17.7. The zero-order valence-electron chi connectivity index (χ0n) is 9.23. The minimum Gasteiger partial charge on any atom is -0.325 e. The number of unbranched alkanes of at least 4 members (excludes halogenated alkanes) is 1. The molecular formula is C9H21O2PS2. The molecule has 0 radical (unpaired) electrons. The highest BCUT2D eigenvalue weighted by atomic mass is 32.9. The van der Waals surface area contributed by atoms with E-state index >= 15 is 0 Å². The number of hydrogen-bond acceptors (Lipinski definition) is 3. The Hall–Kier alpha value is 0.920. The Balaban J connectivity index is 3.77. The van der Waals surface area contributed by atoms with E-state index in [1.54, 1.807) is 7.11 Å². The van der Waals surface area contributed by atoms with E-state index in [1.165, 1.54) is 19.3 Å². The Kier molecular flexibility index (Phi) is 8.65. The van der Waals surface area contributed by atoms with E-state index < -0.39 is 5.69 Å². The maximum atomic E-state index is 5.50. The summed E-state index contributed by atoms with van der Waals surface area (Å²) in [5, 5.41) is 0. The summed E-state index contributed by atoms with van der Waals surface area (Å²) in [7, 11) is 1.56. The highest BCUT2D eigenvalue weighted by Gasteiger charge is 2.14. The molecule has 0 fully saturated rings. The summed E-state index contributed by atoms with van der Waals surface area (Å²) in [5.74, 6) is 0.597. The van der Waals surface area contributed by atoms with Gasteiger partial charge in [0.2, 0.25) is 5.69 Å². The van der Waals surface area contributed by atoms with Crippen LogP contribution in [0.15, 0.2) is 0 Å². The third-order valence-electron chi connectivity index (χ3n) is 2.25. The van der Waals surface area contributed by atoms with Gasteiger partial charge >= 0.3 is 0 Å². The monoisotopic (exact) mass is 256 g/mol. The van der Waals surface area contributed by atoms with Gasteiger partial charge in [0, 0.05) is 7.11 Å². The molecule has 0 rings (SSSR count). The van der Waals surface area contributed by atoms with Gasteiger partial charge in [-0.3, -0.25) is 0 Å². The Bertz CT molecular complexity index is 188. The van der Waals surface area contributed by atoms with Crippen molar-refractivity contribution < 1.29 is 9.05 Å². The Morgan fingerprint density at radius 2 is 2.07 bits per heavy atom. The van der Waals surface area contributed by atoms with Gasteiger partial charge in [-0.2, -0.15) is 0 Å². The van der Waals surface area contributed by atoms with Gasteiger partial charge in [0.25, 0.3) is 0 Å². The molecule has 0 saturated heterocycles. The predicted octanol–water partition coefficient (Wildman–Crippen LogP) is 4.02. The zero-order valence-corrected chi connectivity index (χ0v) is 11.8. The van der Waals surface area contributed by atoms with Gasteiger partial charge in [0.1, 0.15) is 0 Å². The van der Waals surface area contributed by atoms with Crippen LogP contribution in [0.3, 0.4) is 0 Å². The van der Waals surface area contributed by atoms with Gasteiger partial charge in [-0.1, -0.05) is 45.4 Å². The summed E-state index contributed by atoms with van der Waals surface area (Å²) in [6.07, 6.45) is 4.83.